The van der Waals surface area contributed by atoms with Crippen LogP contribution in [0.4, 0.5) is 0 Å². The van der Waals surface area contributed by atoms with Gasteiger partial charge in [0.05, 0.1) is 5.52 Å². The maximum Gasteiger partial charge on any atom is 0.227 e. The molecule has 2 rings (SSSR count). The monoisotopic (exact) mass is 393 g/mol. The number of carbonyl (C=O) groups excluding carboxylic acids is 1. The van der Waals surface area contributed by atoms with Crippen LogP contribution in [0.3, 0.4) is 0 Å². The number of rotatable bonds is 0. The first-order valence-corrected chi connectivity index (χ1v) is 6.55. The highest BCUT2D eigenvalue weighted by Crippen LogP contribution is 2.35. The van der Waals surface area contributed by atoms with E-state index in [-0.39, 0.29) is 5.91 Å². The second kappa shape index (κ2) is 4.03. The largest absolute Gasteiger partial charge is 0.286 e. The first-order chi connectivity index (χ1) is 7.00. The molecule has 0 amide bonds. The Bertz CT molecular complexity index is 559. The fourth-order valence-corrected chi connectivity index (χ4v) is 3.80. The molecular formula is C10H6Br3NO. The van der Waals surface area contributed by atoms with Gasteiger partial charge in [-0.2, -0.15) is 0 Å². The molecule has 0 saturated carbocycles. The minimum Gasteiger partial charge on any atom is -0.286 e. The van der Waals surface area contributed by atoms with Crippen LogP contribution in [0, 0.1) is 0 Å². The van der Waals surface area contributed by atoms with Gasteiger partial charge >= 0.3 is 0 Å². The van der Waals surface area contributed by atoms with E-state index < -0.39 is 0 Å². The van der Waals surface area contributed by atoms with E-state index in [1.807, 2.05) is 12.1 Å². The van der Waals surface area contributed by atoms with E-state index in [1.165, 1.54) is 0 Å². The zero-order valence-corrected chi connectivity index (χ0v) is 12.5. The number of hydrogen-bond donors (Lipinski definition) is 0. The van der Waals surface area contributed by atoms with Gasteiger partial charge in [-0.15, -0.1) is 0 Å². The maximum atomic E-state index is 11.4. The second-order valence-electron chi connectivity index (χ2n) is 3.15. The third kappa shape index (κ3) is 1.92. The molecule has 0 N–H and O–H groups in total. The lowest BCUT2D eigenvalue weighted by Gasteiger charge is -2.01. The third-order valence-corrected chi connectivity index (χ3v) is 3.80. The van der Waals surface area contributed by atoms with Gasteiger partial charge in [0.25, 0.3) is 0 Å². The van der Waals surface area contributed by atoms with E-state index in [2.05, 4.69) is 47.8 Å². The smallest absolute Gasteiger partial charge is 0.227 e. The lowest BCUT2D eigenvalue weighted by atomic mass is 10.2. The van der Waals surface area contributed by atoms with Crippen LogP contribution in [-0.4, -0.2) is 10.5 Å². The normalized spacial score (nSPS) is 10.9. The molecule has 0 fully saturated rings. The van der Waals surface area contributed by atoms with Crippen LogP contribution in [0.25, 0.3) is 10.9 Å². The van der Waals surface area contributed by atoms with Crippen LogP contribution >= 0.6 is 47.8 Å². The first kappa shape index (κ1) is 11.4. The summed E-state index contributed by atoms with van der Waals surface area (Å²) in [5, 5.41) is 1.01. The number of hydrogen-bond acceptors (Lipinski definition) is 1. The summed E-state index contributed by atoms with van der Waals surface area (Å²) in [5.41, 5.74) is 0.885. The number of carbonyl (C=O) groups is 1. The summed E-state index contributed by atoms with van der Waals surface area (Å²) in [6.45, 7) is 1.54. The molecule has 78 valence electrons. The lowest BCUT2D eigenvalue weighted by molar-refractivity contribution is 0.0941. The summed E-state index contributed by atoms with van der Waals surface area (Å²) in [6, 6.07) is 3.88. The van der Waals surface area contributed by atoms with Gasteiger partial charge in [0.2, 0.25) is 5.91 Å². The van der Waals surface area contributed by atoms with Gasteiger partial charge in [-0.3, -0.25) is 9.36 Å². The van der Waals surface area contributed by atoms with Crippen molar-refractivity contribution < 1.29 is 4.79 Å². The van der Waals surface area contributed by atoms with Gasteiger partial charge in [0.1, 0.15) is 0 Å². The number of nitrogens with zero attached hydrogens (tertiary/aromatic N) is 1. The molecule has 0 aliphatic carbocycles. The van der Waals surface area contributed by atoms with Crippen molar-refractivity contribution in [3.63, 3.8) is 0 Å². The standard InChI is InChI=1S/C10H6Br3NO/c1-5(15)14-4-8(13)10-7(12)2-6(11)3-9(10)14/h2-4H,1H3. The summed E-state index contributed by atoms with van der Waals surface area (Å²) in [5.74, 6) is -0.00398. The fourth-order valence-electron chi connectivity index (χ4n) is 1.49. The van der Waals surface area contributed by atoms with Crippen molar-refractivity contribution in [2.45, 2.75) is 6.92 Å². The molecule has 1 heterocycles. The number of aromatic nitrogens is 1. The summed E-state index contributed by atoms with van der Waals surface area (Å²) in [6.07, 6.45) is 1.78. The molecule has 2 aromatic rings. The topological polar surface area (TPSA) is 22.0 Å². The Morgan fingerprint density at radius 2 is 1.87 bits per heavy atom. The summed E-state index contributed by atoms with van der Waals surface area (Å²) < 4.78 is 4.43. The van der Waals surface area contributed by atoms with Crippen molar-refractivity contribution in [2.75, 3.05) is 0 Å². The van der Waals surface area contributed by atoms with Crippen molar-refractivity contribution in [1.29, 1.82) is 0 Å². The van der Waals surface area contributed by atoms with Crippen LogP contribution in [0.1, 0.15) is 11.7 Å². The average molecular weight is 396 g/mol. The fraction of sp³-hybridized carbons (Fsp3) is 0.100. The molecule has 15 heavy (non-hydrogen) atoms. The Labute approximate surface area is 112 Å². The molecule has 0 aliphatic heterocycles. The number of halogens is 3. The number of benzene rings is 1. The highest BCUT2D eigenvalue weighted by atomic mass is 79.9. The molecule has 1 aromatic heterocycles. The van der Waals surface area contributed by atoms with E-state index in [4.69, 9.17) is 0 Å². The predicted octanol–water partition coefficient (Wildman–Crippen LogP) is 4.59. The molecule has 0 aliphatic rings. The SMILES string of the molecule is CC(=O)n1cc(Br)c2c(Br)cc(Br)cc21. The Kier molecular flexibility index (Phi) is 3.05. The predicted molar refractivity (Wildman–Crippen MR) is 71.3 cm³/mol. The summed E-state index contributed by atoms with van der Waals surface area (Å²) >= 11 is 10.3. The van der Waals surface area contributed by atoms with Crippen molar-refractivity contribution in [1.82, 2.24) is 4.57 Å². The Hall–Kier alpha value is -0.130. The van der Waals surface area contributed by atoms with Gasteiger partial charge in [-0.25, -0.2) is 0 Å². The van der Waals surface area contributed by atoms with Crippen molar-refractivity contribution in [2.24, 2.45) is 0 Å². The van der Waals surface area contributed by atoms with E-state index in [0.717, 1.165) is 24.3 Å². The van der Waals surface area contributed by atoms with Crippen LogP contribution in [0.2, 0.25) is 0 Å². The molecule has 0 spiro atoms. The van der Waals surface area contributed by atoms with Crippen molar-refractivity contribution in [3.8, 4) is 0 Å². The molecular weight excluding hydrogens is 390 g/mol. The molecule has 2 nitrogen and oxygen atoms in total. The van der Waals surface area contributed by atoms with E-state index in [9.17, 15) is 4.79 Å². The second-order valence-corrected chi connectivity index (χ2v) is 5.77. The summed E-state index contributed by atoms with van der Waals surface area (Å²) in [7, 11) is 0. The Balaban J connectivity index is 2.93. The van der Waals surface area contributed by atoms with Crippen LogP contribution in [0.15, 0.2) is 31.7 Å². The average Bonchev–Trinajstić information content (AvgIpc) is 2.42. The van der Waals surface area contributed by atoms with Gasteiger partial charge in [-0.1, -0.05) is 31.9 Å². The quantitative estimate of drug-likeness (QED) is 0.639. The van der Waals surface area contributed by atoms with Crippen LogP contribution in [-0.2, 0) is 0 Å². The Morgan fingerprint density at radius 3 is 2.47 bits per heavy atom. The summed E-state index contributed by atoms with van der Waals surface area (Å²) in [4.78, 5) is 11.4. The van der Waals surface area contributed by atoms with Crippen molar-refractivity contribution in [3.05, 3.63) is 31.7 Å². The zero-order valence-electron chi connectivity index (χ0n) is 7.72. The minimum absolute atomic E-state index is 0.00398. The molecule has 0 radical (unpaired) electrons. The number of fused-ring (bicyclic) bond motifs is 1. The molecule has 0 atom stereocenters. The van der Waals surface area contributed by atoms with E-state index in [1.54, 1.807) is 17.7 Å². The first-order valence-electron chi connectivity index (χ1n) is 4.17. The highest BCUT2D eigenvalue weighted by Gasteiger charge is 2.12. The van der Waals surface area contributed by atoms with Crippen LogP contribution < -0.4 is 0 Å². The third-order valence-electron chi connectivity index (χ3n) is 2.11. The lowest BCUT2D eigenvalue weighted by Crippen LogP contribution is -2.02. The molecule has 1 aromatic carbocycles. The van der Waals surface area contributed by atoms with E-state index in [0.29, 0.717) is 0 Å². The Morgan fingerprint density at radius 1 is 1.20 bits per heavy atom. The maximum absolute atomic E-state index is 11.4. The van der Waals surface area contributed by atoms with Crippen LogP contribution in [0.5, 0.6) is 0 Å². The molecule has 0 bridgehead atoms. The minimum atomic E-state index is -0.00398. The van der Waals surface area contributed by atoms with Gasteiger partial charge in [0.15, 0.2) is 0 Å². The van der Waals surface area contributed by atoms with E-state index >= 15 is 0 Å². The van der Waals surface area contributed by atoms with Crippen molar-refractivity contribution >= 4 is 64.6 Å². The van der Waals surface area contributed by atoms with Gasteiger partial charge in [-0.05, 0) is 28.1 Å². The molecule has 5 heteroatoms. The molecule has 0 saturated heterocycles. The zero-order chi connectivity index (χ0) is 11.2. The highest BCUT2D eigenvalue weighted by molar-refractivity contribution is 9.11. The molecule has 0 unspecified atom stereocenters. The van der Waals surface area contributed by atoms with Gasteiger partial charge < -0.3 is 0 Å². The van der Waals surface area contributed by atoms with Gasteiger partial charge in [0, 0.05) is 31.9 Å².